The molecule has 1 aliphatic heterocycles. The summed E-state index contributed by atoms with van der Waals surface area (Å²) in [5.74, 6) is -1.35. The van der Waals surface area contributed by atoms with Gasteiger partial charge in [-0.1, -0.05) is 108 Å². The van der Waals surface area contributed by atoms with Gasteiger partial charge in [0.15, 0.2) is 12.4 Å². The molecule has 1 rings (SSSR count). The van der Waals surface area contributed by atoms with E-state index in [0.29, 0.717) is 43.1 Å². The quantitative estimate of drug-likeness (QED) is 0.0187. The van der Waals surface area contributed by atoms with E-state index in [9.17, 15) is 34.4 Å². The lowest BCUT2D eigenvalue weighted by atomic mass is 9.87. The molecule has 0 aromatic heterocycles. The number of quaternary nitrogens is 1. The molecule has 338 valence electrons. The number of phosphoric ester groups is 1. The number of likely N-dealkylation sites (N-methyl/N-ethyl adjacent to an activating group) is 1. The third-order valence-electron chi connectivity index (χ3n) is 9.93. The lowest BCUT2D eigenvalue weighted by Crippen LogP contribution is -2.43. The van der Waals surface area contributed by atoms with Crippen LogP contribution in [0.1, 0.15) is 149 Å². The summed E-state index contributed by atoms with van der Waals surface area (Å²) in [6.45, 7) is 3.77. The Kier molecular flexibility index (Phi) is 30.6. The Labute approximate surface area is 350 Å². The van der Waals surface area contributed by atoms with Crippen LogP contribution in [0.5, 0.6) is 0 Å². The molecular weight excluding hydrogens is 765 g/mol. The molecule has 14 heteroatoms. The van der Waals surface area contributed by atoms with Crippen molar-refractivity contribution in [3.05, 3.63) is 36.5 Å². The normalized spacial score (nSPS) is 21.1. The number of hydrogen-bond acceptors (Lipinski definition) is 12. The number of phosphoric acid groups is 1. The van der Waals surface area contributed by atoms with Crippen LogP contribution in [0.2, 0.25) is 0 Å². The fraction of sp³-hybridized carbons (Fsp3) is 0.818. The van der Waals surface area contributed by atoms with Gasteiger partial charge in [-0.2, -0.15) is 0 Å². The van der Waals surface area contributed by atoms with Gasteiger partial charge in [0, 0.05) is 25.2 Å². The Balaban J connectivity index is 2.55. The third-order valence-corrected chi connectivity index (χ3v) is 10.9. The number of aliphatic hydroxyl groups is 3. The molecule has 0 aromatic rings. The first-order chi connectivity index (χ1) is 27.7. The summed E-state index contributed by atoms with van der Waals surface area (Å²) in [6, 6.07) is 0. The predicted octanol–water partition coefficient (Wildman–Crippen LogP) is 7.60. The molecule has 7 atom stereocenters. The Morgan fingerprint density at radius 2 is 1.41 bits per heavy atom. The van der Waals surface area contributed by atoms with Crippen LogP contribution in [0.25, 0.3) is 0 Å². The summed E-state index contributed by atoms with van der Waals surface area (Å²) < 4.78 is 39.5. The maximum absolute atomic E-state index is 12.7. The van der Waals surface area contributed by atoms with E-state index in [1.54, 1.807) is 12.2 Å². The molecule has 0 saturated carbocycles. The second kappa shape index (κ2) is 32.8. The highest BCUT2D eigenvalue weighted by atomic mass is 31.2. The fourth-order valence-electron chi connectivity index (χ4n) is 6.33. The number of carbonyl (C=O) groups excluding carboxylic acids is 2. The van der Waals surface area contributed by atoms with Crippen molar-refractivity contribution in [2.24, 2.45) is 5.92 Å². The molecule has 2 unspecified atom stereocenters. The van der Waals surface area contributed by atoms with Crippen LogP contribution in [0, 0.1) is 5.92 Å². The van der Waals surface area contributed by atoms with Crippen LogP contribution in [0.15, 0.2) is 36.5 Å². The average molecular weight is 846 g/mol. The van der Waals surface area contributed by atoms with Gasteiger partial charge in [0.25, 0.3) is 7.82 Å². The highest BCUT2D eigenvalue weighted by molar-refractivity contribution is 7.45. The van der Waals surface area contributed by atoms with Crippen LogP contribution in [-0.4, -0.2) is 110 Å². The fourth-order valence-corrected chi connectivity index (χ4v) is 7.06. The van der Waals surface area contributed by atoms with E-state index in [1.807, 2.05) is 33.3 Å². The first-order valence-corrected chi connectivity index (χ1v) is 23.6. The van der Waals surface area contributed by atoms with Gasteiger partial charge in [-0.25, -0.2) is 0 Å². The van der Waals surface area contributed by atoms with Crippen LogP contribution in [-0.2, 0) is 37.4 Å². The zero-order valence-electron chi connectivity index (χ0n) is 36.5. The van der Waals surface area contributed by atoms with Crippen molar-refractivity contribution in [3.63, 3.8) is 0 Å². The Morgan fingerprint density at radius 1 is 0.810 bits per heavy atom. The van der Waals surface area contributed by atoms with Crippen molar-refractivity contribution in [2.45, 2.75) is 179 Å². The summed E-state index contributed by atoms with van der Waals surface area (Å²) in [4.78, 5) is 37.7. The molecule has 0 bridgehead atoms. The van der Waals surface area contributed by atoms with Crippen LogP contribution < -0.4 is 4.89 Å². The predicted molar refractivity (Wildman–Crippen MR) is 225 cm³/mol. The molecule has 0 spiro atoms. The van der Waals surface area contributed by atoms with Gasteiger partial charge in [0.05, 0.1) is 46.1 Å². The molecule has 1 aliphatic rings. The second-order valence-corrected chi connectivity index (χ2v) is 18.0. The van der Waals surface area contributed by atoms with E-state index in [2.05, 4.69) is 26.0 Å². The van der Waals surface area contributed by atoms with Gasteiger partial charge in [0.2, 0.25) is 0 Å². The number of allylic oxidation sites excluding steroid dienone is 4. The summed E-state index contributed by atoms with van der Waals surface area (Å²) in [7, 11) is 1.01. The summed E-state index contributed by atoms with van der Waals surface area (Å²) in [5.41, 5.74) is 0. The van der Waals surface area contributed by atoms with E-state index < -0.39 is 57.1 Å². The number of nitrogens with zero attached hydrogens (tertiary/aromatic N) is 1. The van der Waals surface area contributed by atoms with E-state index in [4.69, 9.17) is 23.3 Å². The maximum Gasteiger partial charge on any atom is 0.306 e. The minimum absolute atomic E-state index is 0.0768. The smallest absolute Gasteiger partial charge is 0.306 e. The molecule has 0 radical (unpaired) electrons. The Bertz CT molecular complexity index is 1210. The first kappa shape index (κ1) is 54.1. The molecular formula is C44H80NO12P. The highest BCUT2D eigenvalue weighted by Gasteiger charge is 2.35. The topological polar surface area (TPSA) is 181 Å². The zero-order valence-corrected chi connectivity index (χ0v) is 37.4. The van der Waals surface area contributed by atoms with Crippen LogP contribution in [0.4, 0.5) is 0 Å². The number of aliphatic hydroxyl groups excluding tert-OH is 3. The standard InChI is InChI=1S/C44H80NO12P/c1-6-8-10-11-12-13-14-15-16-17-18-19-25-29-43(49)56-38(36-55-58(51,52)54-33-32-45(3,4)5)35-53-42(48)28-24-21-20-23-27-39-40(47)34-44(50)57-41(39)31-30-37(46)26-22-9-7-2/h13-14,20,23,30-31,37-41,44,46-47,50H,6-12,15-19,21-22,24-29,32-36H2,1-5H3/b14-13-,23-20-,31-30+/t37-,38+,39-,40-,41+,44?/m0/s1. The summed E-state index contributed by atoms with van der Waals surface area (Å²) >= 11 is 0. The SMILES string of the molecule is CCCCCC/C=C\CCCCCCCC(=O)O[C@H](COC(=O)CCC/C=C\C[C@H]1[C@@H](O)CC(O)O[C@@H]1/C=C/[C@@H](O)CCCCC)COP(=O)([O-])OCC[N+](C)(C)C. The van der Waals surface area contributed by atoms with Crippen LogP contribution >= 0.6 is 7.82 Å². The van der Waals surface area contributed by atoms with Crippen molar-refractivity contribution in [2.75, 3.05) is 47.5 Å². The van der Waals surface area contributed by atoms with Gasteiger partial charge in [-0.05, 0) is 57.8 Å². The molecule has 0 aromatic carbocycles. The third kappa shape index (κ3) is 30.1. The van der Waals surface area contributed by atoms with Crippen molar-refractivity contribution < 1.29 is 62.1 Å². The van der Waals surface area contributed by atoms with E-state index in [1.165, 1.54) is 25.7 Å². The highest BCUT2D eigenvalue weighted by Crippen LogP contribution is 2.38. The molecule has 1 fully saturated rings. The summed E-state index contributed by atoms with van der Waals surface area (Å²) in [5, 5.41) is 31.0. The average Bonchev–Trinajstić information content (AvgIpc) is 3.15. The number of carbonyl (C=O) groups is 2. The van der Waals surface area contributed by atoms with Gasteiger partial charge >= 0.3 is 11.9 Å². The minimum Gasteiger partial charge on any atom is -0.756 e. The lowest BCUT2D eigenvalue weighted by Gasteiger charge is -2.36. The van der Waals surface area contributed by atoms with Crippen LogP contribution in [0.3, 0.4) is 0 Å². The van der Waals surface area contributed by atoms with Gasteiger partial charge < -0.3 is 48.0 Å². The molecule has 1 saturated heterocycles. The minimum atomic E-state index is -4.69. The maximum atomic E-state index is 12.7. The number of rotatable bonds is 35. The molecule has 3 N–H and O–H groups in total. The number of hydrogen-bond donors (Lipinski definition) is 3. The first-order valence-electron chi connectivity index (χ1n) is 22.1. The van der Waals surface area contributed by atoms with E-state index in [0.717, 1.165) is 57.8 Å². The van der Waals surface area contributed by atoms with Crippen molar-refractivity contribution in [1.29, 1.82) is 0 Å². The monoisotopic (exact) mass is 846 g/mol. The zero-order chi connectivity index (χ0) is 43.1. The largest absolute Gasteiger partial charge is 0.756 e. The van der Waals surface area contributed by atoms with E-state index >= 15 is 0 Å². The molecule has 13 nitrogen and oxygen atoms in total. The lowest BCUT2D eigenvalue weighted by molar-refractivity contribution is -0.870. The van der Waals surface area contributed by atoms with Gasteiger partial charge in [-0.3, -0.25) is 14.2 Å². The Hall–Kier alpha value is -1.93. The number of ether oxygens (including phenoxy) is 3. The number of unbranched alkanes of at least 4 members (excludes halogenated alkanes) is 12. The van der Waals surface area contributed by atoms with Crippen molar-refractivity contribution >= 4 is 19.8 Å². The molecule has 58 heavy (non-hydrogen) atoms. The summed E-state index contributed by atoms with van der Waals surface area (Å²) in [6.07, 6.45) is 25.1. The molecule has 0 aliphatic carbocycles. The Morgan fingerprint density at radius 3 is 2.10 bits per heavy atom. The van der Waals surface area contributed by atoms with Crippen molar-refractivity contribution in [1.82, 2.24) is 0 Å². The molecule has 1 heterocycles. The second-order valence-electron chi connectivity index (χ2n) is 16.6. The van der Waals surface area contributed by atoms with Crippen molar-refractivity contribution in [3.8, 4) is 0 Å². The van der Waals surface area contributed by atoms with Gasteiger partial charge in [0.1, 0.15) is 19.8 Å². The molecule has 0 amide bonds. The number of esters is 2. The van der Waals surface area contributed by atoms with Gasteiger partial charge in [-0.15, -0.1) is 0 Å². The van der Waals surface area contributed by atoms with E-state index in [-0.39, 0.29) is 38.4 Å².